The molecule has 1 N–H and O–H groups in total. The third-order valence-corrected chi connectivity index (χ3v) is 4.86. The molecule has 1 heterocycles. The summed E-state index contributed by atoms with van der Waals surface area (Å²) >= 11 is 0. The molecule has 7 nitrogen and oxygen atoms in total. The second kappa shape index (κ2) is 9.95. The van der Waals surface area contributed by atoms with Gasteiger partial charge in [-0.2, -0.15) is 0 Å². The highest BCUT2D eigenvalue weighted by molar-refractivity contribution is 6.03. The second-order valence-corrected chi connectivity index (χ2v) is 7.62. The standard InChI is InChI=1S/C24H27N5O2/c1-17-22(23(30)26-20-8-6-5-7-9-20)27-21(16-25-17)18-10-12-19(13-11-18)24(31)29(4)15-14-28(2)3/h5-13,16H,14-15H2,1-4H3,(H,26,30). The van der Waals surface area contributed by atoms with Crippen LogP contribution in [0.15, 0.2) is 60.8 Å². The Hall–Kier alpha value is -3.58. The van der Waals surface area contributed by atoms with Crippen LogP contribution in [0.1, 0.15) is 26.5 Å². The van der Waals surface area contributed by atoms with Gasteiger partial charge in [0.25, 0.3) is 11.8 Å². The number of rotatable bonds is 7. The molecule has 2 amide bonds. The average molecular weight is 418 g/mol. The number of aryl methyl sites for hydroxylation is 1. The van der Waals surface area contributed by atoms with Gasteiger partial charge in [0.05, 0.1) is 17.6 Å². The molecule has 2 aromatic carbocycles. The summed E-state index contributed by atoms with van der Waals surface area (Å²) in [5, 5.41) is 2.84. The zero-order valence-electron chi connectivity index (χ0n) is 18.3. The van der Waals surface area contributed by atoms with Crippen LogP contribution in [0.25, 0.3) is 11.3 Å². The van der Waals surface area contributed by atoms with Crippen LogP contribution >= 0.6 is 0 Å². The molecule has 0 aliphatic heterocycles. The van der Waals surface area contributed by atoms with E-state index in [4.69, 9.17) is 0 Å². The number of para-hydroxylation sites is 1. The summed E-state index contributed by atoms with van der Waals surface area (Å²) in [5.41, 5.74) is 3.47. The monoisotopic (exact) mass is 417 g/mol. The summed E-state index contributed by atoms with van der Waals surface area (Å²) in [6.45, 7) is 3.20. The van der Waals surface area contributed by atoms with Crippen LogP contribution in [-0.4, -0.2) is 65.8 Å². The highest BCUT2D eigenvalue weighted by Crippen LogP contribution is 2.19. The Morgan fingerprint density at radius 1 is 0.935 bits per heavy atom. The predicted molar refractivity (Wildman–Crippen MR) is 122 cm³/mol. The number of nitrogens with zero attached hydrogens (tertiary/aromatic N) is 4. The van der Waals surface area contributed by atoms with Crippen LogP contribution in [0.2, 0.25) is 0 Å². The van der Waals surface area contributed by atoms with Crippen molar-refractivity contribution in [3.63, 3.8) is 0 Å². The van der Waals surface area contributed by atoms with Crippen LogP contribution < -0.4 is 5.32 Å². The maximum absolute atomic E-state index is 12.7. The van der Waals surface area contributed by atoms with E-state index in [-0.39, 0.29) is 17.5 Å². The van der Waals surface area contributed by atoms with Crippen molar-refractivity contribution in [2.45, 2.75) is 6.92 Å². The maximum Gasteiger partial charge on any atom is 0.276 e. The third kappa shape index (κ3) is 5.73. The summed E-state index contributed by atoms with van der Waals surface area (Å²) in [5.74, 6) is -0.348. The number of amides is 2. The number of hydrogen-bond acceptors (Lipinski definition) is 5. The van der Waals surface area contributed by atoms with Gasteiger partial charge >= 0.3 is 0 Å². The number of aromatic nitrogens is 2. The molecule has 0 fully saturated rings. The van der Waals surface area contributed by atoms with Gasteiger partial charge in [0.15, 0.2) is 0 Å². The normalized spacial score (nSPS) is 10.7. The molecule has 0 radical (unpaired) electrons. The number of hydrogen-bond donors (Lipinski definition) is 1. The summed E-state index contributed by atoms with van der Waals surface area (Å²) < 4.78 is 0. The van der Waals surface area contributed by atoms with Gasteiger partial charge in [-0.1, -0.05) is 30.3 Å². The van der Waals surface area contributed by atoms with E-state index < -0.39 is 0 Å². The predicted octanol–water partition coefficient (Wildman–Crippen LogP) is 3.34. The van der Waals surface area contributed by atoms with Crippen LogP contribution in [0.4, 0.5) is 5.69 Å². The van der Waals surface area contributed by atoms with E-state index in [1.807, 2.05) is 61.5 Å². The van der Waals surface area contributed by atoms with E-state index in [9.17, 15) is 9.59 Å². The van der Waals surface area contributed by atoms with Crippen LogP contribution in [0.3, 0.4) is 0 Å². The molecule has 0 aliphatic rings. The Morgan fingerprint density at radius 3 is 2.26 bits per heavy atom. The van der Waals surface area contributed by atoms with Crippen molar-refractivity contribution in [1.82, 2.24) is 19.8 Å². The minimum absolute atomic E-state index is 0.0358. The number of carbonyl (C=O) groups excluding carboxylic acids is 2. The van der Waals surface area contributed by atoms with Crippen LogP contribution in [0, 0.1) is 6.92 Å². The molecule has 0 saturated carbocycles. The van der Waals surface area contributed by atoms with Crippen molar-refractivity contribution < 1.29 is 9.59 Å². The first-order valence-electron chi connectivity index (χ1n) is 10.1. The quantitative estimate of drug-likeness (QED) is 0.638. The minimum Gasteiger partial charge on any atom is -0.340 e. The van der Waals surface area contributed by atoms with Gasteiger partial charge in [-0.25, -0.2) is 4.98 Å². The summed E-state index contributed by atoms with van der Waals surface area (Å²) in [4.78, 5) is 37.9. The molecule has 0 aliphatic carbocycles. The molecule has 3 rings (SSSR count). The van der Waals surface area contributed by atoms with Gasteiger partial charge in [-0.05, 0) is 45.3 Å². The molecular weight excluding hydrogens is 390 g/mol. The lowest BCUT2D eigenvalue weighted by molar-refractivity contribution is 0.0786. The lowest BCUT2D eigenvalue weighted by atomic mass is 10.1. The molecule has 160 valence electrons. The largest absolute Gasteiger partial charge is 0.340 e. The smallest absolute Gasteiger partial charge is 0.276 e. The molecule has 0 saturated heterocycles. The van der Waals surface area contributed by atoms with E-state index in [2.05, 4.69) is 15.3 Å². The Balaban J connectivity index is 1.76. The van der Waals surface area contributed by atoms with Gasteiger partial charge in [0.1, 0.15) is 5.69 Å². The summed E-state index contributed by atoms with van der Waals surface area (Å²) in [6, 6.07) is 16.4. The van der Waals surface area contributed by atoms with Gasteiger partial charge in [-0.3, -0.25) is 14.6 Å². The number of nitrogens with one attached hydrogen (secondary N) is 1. The van der Waals surface area contributed by atoms with E-state index in [0.717, 1.165) is 12.1 Å². The molecule has 0 atom stereocenters. The fraction of sp³-hybridized carbons (Fsp3) is 0.250. The molecule has 31 heavy (non-hydrogen) atoms. The molecule has 3 aromatic rings. The summed E-state index contributed by atoms with van der Waals surface area (Å²) in [6.07, 6.45) is 1.63. The van der Waals surface area contributed by atoms with Crippen molar-refractivity contribution in [2.75, 3.05) is 39.5 Å². The first kappa shape index (κ1) is 22.1. The topological polar surface area (TPSA) is 78.4 Å². The lowest BCUT2D eigenvalue weighted by Crippen LogP contribution is -2.33. The number of benzene rings is 2. The lowest BCUT2D eigenvalue weighted by Gasteiger charge is -2.19. The molecule has 0 unspecified atom stereocenters. The Morgan fingerprint density at radius 2 is 1.61 bits per heavy atom. The van der Waals surface area contributed by atoms with E-state index in [1.54, 1.807) is 37.2 Å². The average Bonchev–Trinajstić information content (AvgIpc) is 2.78. The fourth-order valence-corrected chi connectivity index (χ4v) is 2.97. The van der Waals surface area contributed by atoms with E-state index in [1.165, 1.54) is 0 Å². The van der Waals surface area contributed by atoms with Gasteiger partial charge in [0.2, 0.25) is 0 Å². The van der Waals surface area contributed by atoms with E-state index in [0.29, 0.717) is 29.2 Å². The number of carbonyl (C=O) groups is 2. The minimum atomic E-state index is -0.313. The SMILES string of the molecule is Cc1ncc(-c2ccc(C(=O)N(C)CCN(C)C)cc2)nc1C(=O)Nc1ccccc1. The van der Waals surface area contributed by atoms with Crippen molar-refractivity contribution >= 4 is 17.5 Å². The Kier molecular flexibility index (Phi) is 7.10. The van der Waals surface area contributed by atoms with E-state index >= 15 is 0 Å². The second-order valence-electron chi connectivity index (χ2n) is 7.62. The van der Waals surface area contributed by atoms with Gasteiger partial charge in [0, 0.05) is 37.0 Å². The first-order valence-corrected chi connectivity index (χ1v) is 10.1. The third-order valence-electron chi connectivity index (χ3n) is 4.86. The molecule has 1 aromatic heterocycles. The van der Waals surface area contributed by atoms with Gasteiger partial charge < -0.3 is 15.1 Å². The Bertz CT molecular complexity index is 1050. The zero-order chi connectivity index (χ0) is 22.4. The van der Waals surface area contributed by atoms with Crippen molar-refractivity contribution in [3.8, 4) is 11.3 Å². The molecular formula is C24H27N5O2. The van der Waals surface area contributed by atoms with Crippen molar-refractivity contribution in [2.24, 2.45) is 0 Å². The van der Waals surface area contributed by atoms with Gasteiger partial charge in [-0.15, -0.1) is 0 Å². The first-order chi connectivity index (χ1) is 14.8. The number of likely N-dealkylation sites (N-methyl/N-ethyl adjacent to an activating group) is 2. The van der Waals surface area contributed by atoms with Crippen LogP contribution in [-0.2, 0) is 0 Å². The molecule has 0 spiro atoms. The molecule has 0 bridgehead atoms. The van der Waals surface area contributed by atoms with Crippen LogP contribution in [0.5, 0.6) is 0 Å². The maximum atomic E-state index is 12.7. The molecule has 7 heteroatoms. The van der Waals surface area contributed by atoms with Crippen molar-refractivity contribution in [3.05, 3.63) is 77.7 Å². The Labute approximate surface area is 182 Å². The summed E-state index contributed by atoms with van der Waals surface area (Å²) in [7, 11) is 5.75. The zero-order valence-corrected chi connectivity index (χ0v) is 18.3. The number of anilines is 1. The highest BCUT2D eigenvalue weighted by atomic mass is 16.2. The highest BCUT2D eigenvalue weighted by Gasteiger charge is 2.15. The fourth-order valence-electron chi connectivity index (χ4n) is 2.97. The van der Waals surface area contributed by atoms with Crippen molar-refractivity contribution in [1.29, 1.82) is 0 Å².